The summed E-state index contributed by atoms with van der Waals surface area (Å²) in [4.78, 5) is 2.45. The van der Waals surface area contributed by atoms with Gasteiger partial charge in [0, 0.05) is 18.7 Å². The molecule has 0 aliphatic carbocycles. The zero-order valence-corrected chi connectivity index (χ0v) is 13.5. The number of piperidine rings is 1. The average molecular weight is 306 g/mol. The van der Waals surface area contributed by atoms with Gasteiger partial charge in [0.05, 0.1) is 0 Å². The molecule has 114 valence electrons. The van der Waals surface area contributed by atoms with Crippen molar-refractivity contribution in [2.45, 2.75) is 52.0 Å². The minimum Gasteiger partial charge on any atom is -0.364 e. The largest absolute Gasteiger partial charge is 0.364 e. The molecule has 0 unspecified atom stereocenters. The van der Waals surface area contributed by atoms with Crippen molar-refractivity contribution in [1.82, 2.24) is 15.4 Å². The van der Waals surface area contributed by atoms with Crippen LogP contribution < -0.4 is 4.90 Å². The van der Waals surface area contributed by atoms with Gasteiger partial charge in [-0.2, -0.15) is 0 Å². The standard InChI is InChI=1S/C15H22N4OS/c1-11(2)6-7-12-5-3-4-9-19(12)15-17-16-14(21-15)13-8-10-20-18-13/h8,10-12H,3-7,9H2,1-2H3/t12-/m0/s1. The van der Waals surface area contributed by atoms with Crippen molar-refractivity contribution >= 4 is 16.5 Å². The molecule has 5 nitrogen and oxygen atoms in total. The highest BCUT2D eigenvalue weighted by atomic mass is 32.1. The van der Waals surface area contributed by atoms with Gasteiger partial charge in [0.15, 0.2) is 5.01 Å². The van der Waals surface area contributed by atoms with Crippen LogP contribution in [0.5, 0.6) is 0 Å². The lowest BCUT2D eigenvalue weighted by atomic mass is 9.95. The van der Waals surface area contributed by atoms with Crippen LogP contribution in [-0.2, 0) is 0 Å². The molecular formula is C15H22N4OS. The van der Waals surface area contributed by atoms with Crippen molar-refractivity contribution in [3.8, 4) is 10.7 Å². The molecule has 0 radical (unpaired) electrons. The maximum Gasteiger partial charge on any atom is 0.208 e. The number of rotatable bonds is 5. The first-order valence-electron chi connectivity index (χ1n) is 7.75. The highest BCUT2D eigenvalue weighted by Gasteiger charge is 2.25. The van der Waals surface area contributed by atoms with Crippen LogP contribution in [0.4, 0.5) is 5.13 Å². The molecule has 2 aromatic rings. The summed E-state index contributed by atoms with van der Waals surface area (Å²) in [6.07, 6.45) is 7.94. The summed E-state index contributed by atoms with van der Waals surface area (Å²) in [5.41, 5.74) is 0.773. The first-order chi connectivity index (χ1) is 10.2. The molecule has 1 atom stereocenters. The fourth-order valence-electron chi connectivity index (χ4n) is 2.84. The van der Waals surface area contributed by atoms with E-state index in [1.54, 1.807) is 17.6 Å². The average Bonchev–Trinajstić information content (AvgIpc) is 3.16. The van der Waals surface area contributed by atoms with Gasteiger partial charge >= 0.3 is 0 Å². The number of hydrogen-bond acceptors (Lipinski definition) is 6. The molecule has 3 rings (SSSR count). The second-order valence-electron chi connectivity index (χ2n) is 6.09. The lowest BCUT2D eigenvalue weighted by molar-refractivity contribution is 0.403. The highest BCUT2D eigenvalue weighted by molar-refractivity contribution is 7.18. The third-order valence-corrected chi connectivity index (χ3v) is 5.00. The van der Waals surface area contributed by atoms with Crippen LogP contribution in [0, 0.1) is 5.92 Å². The van der Waals surface area contributed by atoms with E-state index in [-0.39, 0.29) is 0 Å². The quantitative estimate of drug-likeness (QED) is 0.836. The van der Waals surface area contributed by atoms with Crippen LogP contribution in [0.1, 0.15) is 46.0 Å². The van der Waals surface area contributed by atoms with E-state index in [4.69, 9.17) is 4.52 Å². The van der Waals surface area contributed by atoms with Crippen molar-refractivity contribution in [3.63, 3.8) is 0 Å². The Bertz CT molecular complexity index is 552. The summed E-state index contributed by atoms with van der Waals surface area (Å²) in [5, 5.41) is 14.5. The number of hydrogen-bond donors (Lipinski definition) is 0. The summed E-state index contributed by atoms with van der Waals surface area (Å²) in [7, 11) is 0. The summed E-state index contributed by atoms with van der Waals surface area (Å²) < 4.78 is 4.88. The Balaban J connectivity index is 1.74. The molecule has 0 aromatic carbocycles. The molecule has 2 aromatic heterocycles. The minimum atomic E-state index is 0.610. The predicted octanol–water partition coefficient (Wildman–Crippen LogP) is 3.99. The van der Waals surface area contributed by atoms with Crippen LogP contribution >= 0.6 is 11.3 Å². The Morgan fingerprint density at radius 3 is 3.05 bits per heavy atom. The number of nitrogens with zero attached hydrogens (tertiary/aromatic N) is 4. The predicted molar refractivity (Wildman–Crippen MR) is 84.5 cm³/mol. The van der Waals surface area contributed by atoms with E-state index in [1.807, 2.05) is 6.07 Å². The lowest BCUT2D eigenvalue weighted by Gasteiger charge is -2.35. The van der Waals surface area contributed by atoms with E-state index in [9.17, 15) is 0 Å². The topological polar surface area (TPSA) is 55.1 Å². The molecule has 21 heavy (non-hydrogen) atoms. The summed E-state index contributed by atoms with van der Waals surface area (Å²) >= 11 is 1.62. The fourth-order valence-corrected chi connectivity index (χ4v) is 3.74. The fraction of sp³-hybridized carbons (Fsp3) is 0.667. The van der Waals surface area contributed by atoms with Gasteiger partial charge in [0.2, 0.25) is 5.13 Å². The van der Waals surface area contributed by atoms with Crippen molar-refractivity contribution in [2.75, 3.05) is 11.4 Å². The normalized spacial score (nSPS) is 19.4. The van der Waals surface area contributed by atoms with Crippen molar-refractivity contribution in [3.05, 3.63) is 12.3 Å². The minimum absolute atomic E-state index is 0.610. The van der Waals surface area contributed by atoms with Crippen LogP contribution in [0.2, 0.25) is 0 Å². The second kappa shape index (κ2) is 6.56. The van der Waals surface area contributed by atoms with Gasteiger partial charge < -0.3 is 9.42 Å². The van der Waals surface area contributed by atoms with Gasteiger partial charge in [-0.05, 0) is 38.0 Å². The zero-order chi connectivity index (χ0) is 14.7. The van der Waals surface area contributed by atoms with Crippen LogP contribution in [-0.4, -0.2) is 27.9 Å². The molecule has 0 N–H and O–H groups in total. The van der Waals surface area contributed by atoms with Gasteiger partial charge in [-0.15, -0.1) is 10.2 Å². The van der Waals surface area contributed by atoms with E-state index < -0.39 is 0 Å². The van der Waals surface area contributed by atoms with Crippen molar-refractivity contribution in [2.24, 2.45) is 5.92 Å². The Morgan fingerprint density at radius 1 is 1.38 bits per heavy atom. The summed E-state index contributed by atoms with van der Waals surface area (Å²) in [5.74, 6) is 0.758. The maximum absolute atomic E-state index is 4.88. The molecule has 0 bridgehead atoms. The van der Waals surface area contributed by atoms with Gasteiger partial charge in [-0.1, -0.05) is 30.3 Å². The van der Waals surface area contributed by atoms with Crippen molar-refractivity contribution < 1.29 is 4.52 Å². The Kier molecular flexibility index (Phi) is 4.53. The van der Waals surface area contributed by atoms with E-state index in [2.05, 4.69) is 34.1 Å². The Hall–Kier alpha value is -1.43. The maximum atomic E-state index is 4.88. The molecular weight excluding hydrogens is 284 g/mol. The van der Waals surface area contributed by atoms with Gasteiger partial charge in [-0.25, -0.2) is 0 Å². The first-order valence-corrected chi connectivity index (χ1v) is 8.56. The molecule has 0 spiro atoms. The van der Waals surface area contributed by atoms with Gasteiger partial charge in [0.1, 0.15) is 12.0 Å². The van der Waals surface area contributed by atoms with Crippen LogP contribution in [0.3, 0.4) is 0 Å². The molecule has 1 saturated heterocycles. The first kappa shape index (κ1) is 14.5. The smallest absolute Gasteiger partial charge is 0.208 e. The molecule has 1 aliphatic rings. The Morgan fingerprint density at radius 2 is 2.29 bits per heavy atom. The third kappa shape index (κ3) is 3.43. The lowest BCUT2D eigenvalue weighted by Crippen LogP contribution is -2.39. The molecule has 6 heteroatoms. The highest BCUT2D eigenvalue weighted by Crippen LogP contribution is 2.33. The number of anilines is 1. The third-order valence-electron chi connectivity index (χ3n) is 4.02. The summed E-state index contributed by atoms with van der Waals surface area (Å²) in [6.45, 7) is 5.68. The SMILES string of the molecule is CC(C)CC[C@@H]1CCCCN1c1nnc(-c2ccon2)s1. The van der Waals surface area contributed by atoms with E-state index in [0.29, 0.717) is 6.04 Å². The number of aromatic nitrogens is 3. The Labute approximate surface area is 129 Å². The molecule has 3 heterocycles. The van der Waals surface area contributed by atoms with Gasteiger partial charge in [0.25, 0.3) is 0 Å². The second-order valence-corrected chi connectivity index (χ2v) is 7.04. The zero-order valence-electron chi connectivity index (χ0n) is 12.7. The monoisotopic (exact) mass is 306 g/mol. The molecule has 1 aliphatic heterocycles. The van der Waals surface area contributed by atoms with E-state index >= 15 is 0 Å². The molecule has 0 amide bonds. The van der Waals surface area contributed by atoms with Crippen LogP contribution in [0.15, 0.2) is 16.9 Å². The van der Waals surface area contributed by atoms with Crippen molar-refractivity contribution in [1.29, 1.82) is 0 Å². The summed E-state index contributed by atoms with van der Waals surface area (Å²) in [6, 6.07) is 2.44. The van der Waals surface area contributed by atoms with E-state index in [0.717, 1.165) is 28.3 Å². The van der Waals surface area contributed by atoms with E-state index in [1.165, 1.54) is 32.1 Å². The van der Waals surface area contributed by atoms with Crippen LogP contribution in [0.25, 0.3) is 10.7 Å². The molecule has 0 saturated carbocycles. The molecule has 1 fully saturated rings. The van der Waals surface area contributed by atoms with Gasteiger partial charge in [-0.3, -0.25) is 0 Å².